The molecular formula is C30H33N9O5. The molecule has 0 aliphatic carbocycles. The number of nitrogens with one attached hydrogen (secondary N) is 1. The number of hydrogen-bond donors (Lipinski definition) is 1. The molecule has 228 valence electrons. The Kier molecular flexibility index (Phi) is 8.05. The zero-order valence-corrected chi connectivity index (χ0v) is 24.5. The summed E-state index contributed by atoms with van der Waals surface area (Å²) < 4.78 is 8.50. The van der Waals surface area contributed by atoms with Crippen LogP contribution in [0.2, 0.25) is 0 Å². The predicted octanol–water partition coefficient (Wildman–Crippen LogP) is 1.07. The van der Waals surface area contributed by atoms with Crippen molar-refractivity contribution in [3.05, 3.63) is 81.9 Å². The predicted molar refractivity (Wildman–Crippen MR) is 156 cm³/mol. The molecule has 0 spiro atoms. The number of hydrogen-bond acceptors (Lipinski definition) is 9. The van der Waals surface area contributed by atoms with Crippen LogP contribution in [-0.4, -0.2) is 90.4 Å². The second-order valence-electron chi connectivity index (χ2n) is 11.3. The Hall–Kier alpha value is -5.14. The molecular weight excluding hydrogens is 566 g/mol. The first kappa shape index (κ1) is 29.0. The van der Waals surface area contributed by atoms with E-state index >= 15 is 0 Å². The van der Waals surface area contributed by atoms with E-state index in [0.29, 0.717) is 30.5 Å². The molecule has 2 atom stereocenters. The molecule has 1 N–H and O–H groups in total. The first-order chi connectivity index (χ1) is 21.2. The average molecular weight is 600 g/mol. The average Bonchev–Trinajstić information content (AvgIpc) is 3.76. The number of pyridine rings is 1. The zero-order chi connectivity index (χ0) is 30.8. The maximum atomic E-state index is 13.3. The van der Waals surface area contributed by atoms with Crippen molar-refractivity contribution < 1.29 is 18.9 Å². The van der Waals surface area contributed by atoms with Gasteiger partial charge in [0.05, 0.1) is 18.8 Å². The van der Waals surface area contributed by atoms with Crippen LogP contribution in [0.25, 0.3) is 11.4 Å². The summed E-state index contributed by atoms with van der Waals surface area (Å²) in [6, 6.07) is 10.6. The highest BCUT2D eigenvalue weighted by molar-refractivity contribution is 5.93. The number of amides is 3. The molecule has 5 heterocycles. The summed E-state index contributed by atoms with van der Waals surface area (Å²) in [4.78, 5) is 59.9. The summed E-state index contributed by atoms with van der Waals surface area (Å²) in [6.45, 7) is 3.29. The number of benzene rings is 1. The Morgan fingerprint density at radius 3 is 2.84 bits per heavy atom. The summed E-state index contributed by atoms with van der Waals surface area (Å²) in [5, 5.41) is 15.5. The van der Waals surface area contributed by atoms with Gasteiger partial charge in [0.15, 0.2) is 0 Å². The molecule has 1 fully saturated rings. The monoisotopic (exact) mass is 599 g/mol. The highest BCUT2D eigenvalue weighted by Gasteiger charge is 2.38. The topological polar surface area (TPSA) is 161 Å². The van der Waals surface area contributed by atoms with Crippen LogP contribution < -0.4 is 10.9 Å². The first-order valence-electron chi connectivity index (χ1n) is 14.5. The van der Waals surface area contributed by atoms with Gasteiger partial charge >= 0.3 is 0 Å². The minimum atomic E-state index is -0.433. The molecule has 6 rings (SSSR count). The van der Waals surface area contributed by atoms with E-state index in [1.807, 2.05) is 31.2 Å². The van der Waals surface area contributed by atoms with Crippen LogP contribution in [0.5, 0.6) is 0 Å². The van der Waals surface area contributed by atoms with Crippen molar-refractivity contribution in [1.82, 2.24) is 44.8 Å². The van der Waals surface area contributed by atoms with Gasteiger partial charge < -0.3 is 24.2 Å². The summed E-state index contributed by atoms with van der Waals surface area (Å²) >= 11 is 0. The molecule has 0 saturated carbocycles. The van der Waals surface area contributed by atoms with E-state index in [1.165, 1.54) is 15.5 Å². The molecule has 0 radical (unpaired) electrons. The Bertz CT molecular complexity index is 1760. The lowest BCUT2D eigenvalue weighted by Gasteiger charge is -2.20. The number of rotatable bonds is 4. The summed E-state index contributed by atoms with van der Waals surface area (Å²) in [7, 11) is 1.59. The second-order valence-corrected chi connectivity index (χ2v) is 11.3. The van der Waals surface area contributed by atoms with Gasteiger partial charge in [0.1, 0.15) is 11.3 Å². The van der Waals surface area contributed by atoms with Crippen LogP contribution in [0, 0.1) is 12.8 Å². The van der Waals surface area contributed by atoms with Crippen molar-refractivity contribution in [2.75, 3.05) is 33.2 Å². The van der Waals surface area contributed by atoms with E-state index in [9.17, 15) is 19.2 Å². The van der Waals surface area contributed by atoms with Crippen molar-refractivity contribution in [1.29, 1.82) is 0 Å². The second kappa shape index (κ2) is 12.2. The Morgan fingerprint density at radius 1 is 1.14 bits per heavy atom. The number of aryl methyl sites for hydroxylation is 2. The lowest BCUT2D eigenvalue weighted by molar-refractivity contribution is -0.130. The zero-order valence-electron chi connectivity index (χ0n) is 24.5. The molecule has 4 aromatic rings. The van der Waals surface area contributed by atoms with Crippen molar-refractivity contribution in [3.63, 3.8) is 0 Å². The molecule has 14 nitrogen and oxygen atoms in total. The maximum absolute atomic E-state index is 13.3. The number of likely N-dealkylation sites (tertiary alicyclic amines) is 1. The van der Waals surface area contributed by atoms with Gasteiger partial charge in [-0.2, -0.15) is 4.98 Å². The third-order valence-electron chi connectivity index (χ3n) is 8.10. The van der Waals surface area contributed by atoms with Crippen LogP contribution in [0.1, 0.15) is 46.4 Å². The molecule has 3 amide bonds. The van der Waals surface area contributed by atoms with Gasteiger partial charge in [-0.25, -0.2) is 4.68 Å². The molecule has 14 heteroatoms. The normalized spacial score (nSPS) is 19.1. The highest BCUT2D eigenvalue weighted by atomic mass is 16.5. The summed E-state index contributed by atoms with van der Waals surface area (Å²) in [6.07, 6.45) is 3.96. The molecule has 1 aromatic carbocycles. The fourth-order valence-electron chi connectivity index (χ4n) is 5.71. The lowest BCUT2D eigenvalue weighted by Crippen LogP contribution is -2.39. The number of fused-ring (bicyclic) bond motifs is 6. The van der Waals surface area contributed by atoms with E-state index in [1.54, 1.807) is 35.1 Å². The number of carbonyl (C=O) groups excluding carboxylic acids is 3. The van der Waals surface area contributed by atoms with Crippen LogP contribution in [-0.2, 0) is 22.6 Å². The molecule has 3 aromatic heterocycles. The number of aromatic nitrogens is 6. The van der Waals surface area contributed by atoms with Gasteiger partial charge in [-0.3, -0.25) is 19.2 Å². The standard InChI is InChI=1S/C30H33N9O5/c1-19-5-3-6-20(13-19)28-32-26(44-34-28)8-9-27(41)38-15-21-14-25(40)31-10-12-36(2)29(42)23-7-4-11-37(30(23)43)16-22-17-39(35-33-22)24(21)18-38/h3-7,11,13,17,21,24H,8-10,12,14-16,18H2,1-2H3,(H,31,40)/t21-,24+/m0/s1. The fourth-order valence-corrected chi connectivity index (χ4v) is 5.71. The van der Waals surface area contributed by atoms with E-state index < -0.39 is 11.5 Å². The van der Waals surface area contributed by atoms with Crippen LogP contribution in [0.4, 0.5) is 0 Å². The molecule has 1 saturated heterocycles. The van der Waals surface area contributed by atoms with Crippen LogP contribution in [0.3, 0.4) is 0 Å². The molecule has 0 unspecified atom stereocenters. The van der Waals surface area contributed by atoms with Gasteiger partial charge in [0, 0.05) is 70.2 Å². The van der Waals surface area contributed by atoms with Gasteiger partial charge in [-0.15, -0.1) is 5.10 Å². The number of likely N-dealkylation sites (N-methyl/N-ethyl adjacent to an activating group) is 1. The third kappa shape index (κ3) is 6.14. The van der Waals surface area contributed by atoms with E-state index in [0.717, 1.165) is 11.1 Å². The van der Waals surface area contributed by atoms with Crippen molar-refractivity contribution in [3.8, 4) is 11.4 Å². The highest BCUT2D eigenvalue weighted by Crippen LogP contribution is 2.31. The first-order valence-corrected chi connectivity index (χ1v) is 14.5. The van der Waals surface area contributed by atoms with Crippen molar-refractivity contribution in [2.24, 2.45) is 5.92 Å². The Balaban J connectivity index is 1.18. The molecule has 44 heavy (non-hydrogen) atoms. The maximum Gasteiger partial charge on any atom is 0.263 e. The lowest BCUT2D eigenvalue weighted by atomic mass is 9.99. The van der Waals surface area contributed by atoms with E-state index in [2.05, 4.69) is 25.8 Å². The number of carbonyl (C=O) groups is 3. The van der Waals surface area contributed by atoms with Crippen molar-refractivity contribution >= 4 is 17.7 Å². The van der Waals surface area contributed by atoms with Gasteiger partial charge in [-0.1, -0.05) is 34.1 Å². The fraction of sp³-hybridized carbons (Fsp3) is 0.400. The van der Waals surface area contributed by atoms with Crippen LogP contribution >= 0.6 is 0 Å². The molecule has 2 aliphatic heterocycles. The van der Waals surface area contributed by atoms with Gasteiger partial charge in [0.2, 0.25) is 23.5 Å². The third-order valence-corrected chi connectivity index (χ3v) is 8.10. The quantitative estimate of drug-likeness (QED) is 0.362. The minimum absolute atomic E-state index is 0.0396. The number of nitrogens with zero attached hydrogens (tertiary/aromatic N) is 8. The van der Waals surface area contributed by atoms with E-state index in [4.69, 9.17) is 4.52 Å². The Morgan fingerprint density at radius 2 is 2.00 bits per heavy atom. The van der Waals surface area contributed by atoms with Gasteiger partial charge in [-0.05, 0) is 25.1 Å². The Labute approximate surface area is 252 Å². The van der Waals surface area contributed by atoms with Gasteiger partial charge in [0.25, 0.3) is 11.5 Å². The van der Waals surface area contributed by atoms with Crippen LogP contribution in [0.15, 0.2) is 58.1 Å². The summed E-state index contributed by atoms with van der Waals surface area (Å²) in [5.41, 5.74) is 2.06. The summed E-state index contributed by atoms with van der Waals surface area (Å²) in [5.74, 6) is -0.0792. The largest absolute Gasteiger partial charge is 0.354 e. The van der Waals surface area contributed by atoms with Crippen molar-refractivity contribution in [2.45, 2.75) is 38.8 Å². The van der Waals surface area contributed by atoms with E-state index in [-0.39, 0.29) is 68.2 Å². The smallest absolute Gasteiger partial charge is 0.263 e. The minimum Gasteiger partial charge on any atom is -0.354 e. The molecule has 2 aliphatic rings. The SMILES string of the molecule is Cc1cccc(-c2noc(CCC(=O)N3C[C@@H]4CC(=O)NCCN(C)C(=O)c5cccn(c5=O)Cc5cn(nn5)[C@@H]4C3)n2)c1. The molecule has 4 bridgehead atoms.